The third-order valence-electron chi connectivity index (χ3n) is 2.70. The minimum Gasteiger partial charge on any atom is -0.459 e. The van der Waals surface area contributed by atoms with Crippen LogP contribution in [-0.4, -0.2) is 30.5 Å². The summed E-state index contributed by atoms with van der Waals surface area (Å²) >= 11 is 1.41. The van der Waals surface area contributed by atoms with Gasteiger partial charge in [0.2, 0.25) is 0 Å². The van der Waals surface area contributed by atoms with Crippen molar-refractivity contribution in [1.82, 2.24) is 15.6 Å². The van der Waals surface area contributed by atoms with E-state index >= 15 is 0 Å². The molecule has 0 fully saturated rings. The van der Waals surface area contributed by atoms with Crippen LogP contribution in [0, 0.1) is 6.92 Å². The molecule has 2 rings (SSSR count). The highest BCUT2D eigenvalue weighted by Crippen LogP contribution is 2.25. The van der Waals surface area contributed by atoms with Crippen LogP contribution >= 0.6 is 11.3 Å². The third-order valence-corrected chi connectivity index (χ3v) is 3.56. The van der Waals surface area contributed by atoms with Gasteiger partial charge in [-0.25, -0.2) is 4.98 Å². The van der Waals surface area contributed by atoms with E-state index in [9.17, 15) is 4.79 Å². The van der Waals surface area contributed by atoms with Crippen molar-refractivity contribution >= 4 is 17.2 Å². The fourth-order valence-corrected chi connectivity index (χ4v) is 2.46. The van der Waals surface area contributed by atoms with Gasteiger partial charge in [-0.15, -0.1) is 11.3 Å². The SMILES string of the molecule is CCCNCCNC(=O)c1csc(-c2ccc(C)o2)n1. The topological polar surface area (TPSA) is 67.2 Å². The van der Waals surface area contributed by atoms with Gasteiger partial charge in [0.05, 0.1) is 0 Å². The number of hydrogen-bond acceptors (Lipinski definition) is 5. The van der Waals surface area contributed by atoms with Crippen molar-refractivity contribution in [3.8, 4) is 10.8 Å². The van der Waals surface area contributed by atoms with Crippen molar-refractivity contribution in [2.45, 2.75) is 20.3 Å². The fraction of sp³-hybridized carbons (Fsp3) is 0.429. The van der Waals surface area contributed by atoms with Gasteiger partial charge >= 0.3 is 0 Å². The smallest absolute Gasteiger partial charge is 0.270 e. The Morgan fingerprint density at radius 3 is 2.90 bits per heavy atom. The van der Waals surface area contributed by atoms with E-state index in [4.69, 9.17) is 4.42 Å². The van der Waals surface area contributed by atoms with Crippen molar-refractivity contribution in [3.63, 3.8) is 0 Å². The molecule has 0 radical (unpaired) electrons. The highest BCUT2D eigenvalue weighted by atomic mass is 32.1. The maximum Gasteiger partial charge on any atom is 0.270 e. The Balaban J connectivity index is 1.87. The molecule has 0 atom stereocenters. The lowest BCUT2D eigenvalue weighted by Gasteiger charge is -2.04. The number of nitrogens with one attached hydrogen (secondary N) is 2. The average molecular weight is 293 g/mol. The second-order valence-electron chi connectivity index (χ2n) is 4.45. The molecule has 0 aliphatic carbocycles. The lowest BCUT2D eigenvalue weighted by atomic mass is 10.4. The van der Waals surface area contributed by atoms with Gasteiger partial charge in [0, 0.05) is 18.5 Å². The predicted octanol–water partition coefficient (Wildman–Crippen LogP) is 2.44. The van der Waals surface area contributed by atoms with E-state index in [1.807, 2.05) is 19.1 Å². The van der Waals surface area contributed by atoms with Gasteiger partial charge in [0.25, 0.3) is 5.91 Å². The van der Waals surface area contributed by atoms with Crippen molar-refractivity contribution in [1.29, 1.82) is 0 Å². The molecule has 0 saturated heterocycles. The van der Waals surface area contributed by atoms with Crippen LogP contribution in [0.5, 0.6) is 0 Å². The van der Waals surface area contributed by atoms with Crippen LogP contribution in [0.25, 0.3) is 10.8 Å². The molecular weight excluding hydrogens is 274 g/mol. The normalized spacial score (nSPS) is 10.7. The average Bonchev–Trinajstić information content (AvgIpc) is 3.06. The van der Waals surface area contributed by atoms with Crippen LogP contribution in [0.2, 0.25) is 0 Å². The van der Waals surface area contributed by atoms with Crippen LogP contribution in [0.15, 0.2) is 21.9 Å². The van der Waals surface area contributed by atoms with Crippen molar-refractivity contribution in [2.75, 3.05) is 19.6 Å². The summed E-state index contributed by atoms with van der Waals surface area (Å²) in [6.07, 6.45) is 1.09. The zero-order chi connectivity index (χ0) is 14.4. The summed E-state index contributed by atoms with van der Waals surface area (Å²) in [5.74, 6) is 1.40. The number of aromatic nitrogens is 1. The van der Waals surface area contributed by atoms with Crippen LogP contribution in [0.3, 0.4) is 0 Å². The summed E-state index contributed by atoms with van der Waals surface area (Å²) < 4.78 is 5.49. The molecule has 2 aromatic rings. The molecule has 6 heteroatoms. The number of aryl methyl sites for hydroxylation is 1. The first kappa shape index (κ1) is 14.7. The maximum atomic E-state index is 11.9. The van der Waals surface area contributed by atoms with E-state index in [1.54, 1.807) is 5.38 Å². The molecule has 108 valence electrons. The Labute approximate surface area is 122 Å². The summed E-state index contributed by atoms with van der Waals surface area (Å²) in [7, 11) is 0. The number of hydrogen-bond donors (Lipinski definition) is 2. The standard InChI is InChI=1S/C14H19N3O2S/c1-3-6-15-7-8-16-13(18)11-9-20-14(17-11)12-5-4-10(2)19-12/h4-5,9,15H,3,6-8H2,1-2H3,(H,16,18). The van der Waals surface area contributed by atoms with Gasteiger partial charge in [0.15, 0.2) is 10.8 Å². The number of amides is 1. The van der Waals surface area contributed by atoms with E-state index in [2.05, 4.69) is 22.5 Å². The van der Waals surface area contributed by atoms with Crippen LogP contribution in [0.4, 0.5) is 0 Å². The zero-order valence-corrected chi connectivity index (χ0v) is 12.5. The van der Waals surface area contributed by atoms with Crippen LogP contribution in [-0.2, 0) is 0 Å². The van der Waals surface area contributed by atoms with E-state index in [1.165, 1.54) is 11.3 Å². The second kappa shape index (κ2) is 7.21. The molecule has 1 amide bonds. The molecule has 0 spiro atoms. The van der Waals surface area contributed by atoms with E-state index in [0.717, 1.165) is 30.3 Å². The summed E-state index contributed by atoms with van der Waals surface area (Å²) in [6.45, 7) is 6.33. The third kappa shape index (κ3) is 3.91. The molecule has 0 aromatic carbocycles. The minimum absolute atomic E-state index is 0.144. The number of thiazole rings is 1. The number of carbonyl (C=O) groups excluding carboxylic acids is 1. The van der Waals surface area contributed by atoms with Gasteiger partial charge in [-0.1, -0.05) is 6.92 Å². The molecule has 0 aliphatic heterocycles. The molecule has 20 heavy (non-hydrogen) atoms. The number of furan rings is 1. The van der Waals surface area contributed by atoms with Gasteiger partial charge in [0.1, 0.15) is 11.5 Å². The Kier molecular flexibility index (Phi) is 5.31. The van der Waals surface area contributed by atoms with Crippen LogP contribution in [0.1, 0.15) is 29.6 Å². The van der Waals surface area contributed by atoms with Crippen molar-refractivity contribution in [3.05, 3.63) is 29.0 Å². The second-order valence-corrected chi connectivity index (χ2v) is 5.31. The molecular formula is C14H19N3O2S. The minimum atomic E-state index is -0.144. The molecule has 0 bridgehead atoms. The Hall–Kier alpha value is -1.66. The quantitative estimate of drug-likeness (QED) is 0.769. The molecule has 2 N–H and O–H groups in total. The van der Waals surface area contributed by atoms with Gasteiger partial charge in [-0.05, 0) is 32.0 Å². The Morgan fingerprint density at radius 1 is 1.35 bits per heavy atom. The van der Waals surface area contributed by atoms with E-state index < -0.39 is 0 Å². The highest BCUT2D eigenvalue weighted by Gasteiger charge is 2.13. The molecule has 5 nitrogen and oxygen atoms in total. The van der Waals surface area contributed by atoms with Crippen LogP contribution < -0.4 is 10.6 Å². The first-order valence-electron chi connectivity index (χ1n) is 6.72. The number of carbonyl (C=O) groups is 1. The number of nitrogens with zero attached hydrogens (tertiary/aromatic N) is 1. The molecule has 2 aromatic heterocycles. The molecule has 2 heterocycles. The largest absolute Gasteiger partial charge is 0.459 e. The molecule has 0 aliphatic rings. The summed E-state index contributed by atoms with van der Waals surface area (Å²) in [5.41, 5.74) is 0.439. The molecule has 0 unspecified atom stereocenters. The predicted molar refractivity (Wildman–Crippen MR) is 80.0 cm³/mol. The summed E-state index contributed by atoms with van der Waals surface area (Å²) in [6, 6.07) is 3.75. The van der Waals surface area contributed by atoms with Gasteiger partial charge in [-0.3, -0.25) is 4.79 Å². The monoisotopic (exact) mass is 293 g/mol. The first-order chi connectivity index (χ1) is 9.70. The Morgan fingerprint density at radius 2 is 2.20 bits per heavy atom. The van der Waals surface area contributed by atoms with Crippen molar-refractivity contribution in [2.24, 2.45) is 0 Å². The lowest BCUT2D eigenvalue weighted by molar-refractivity contribution is 0.0949. The zero-order valence-electron chi connectivity index (χ0n) is 11.7. The van der Waals surface area contributed by atoms with Gasteiger partial charge < -0.3 is 15.1 Å². The van der Waals surface area contributed by atoms with Gasteiger partial charge in [-0.2, -0.15) is 0 Å². The maximum absolute atomic E-state index is 11.9. The molecule has 0 saturated carbocycles. The lowest BCUT2D eigenvalue weighted by Crippen LogP contribution is -2.32. The summed E-state index contributed by atoms with van der Waals surface area (Å²) in [4.78, 5) is 16.2. The Bertz CT molecular complexity index is 562. The number of rotatable bonds is 7. The highest BCUT2D eigenvalue weighted by molar-refractivity contribution is 7.13. The van der Waals surface area contributed by atoms with Crippen molar-refractivity contribution < 1.29 is 9.21 Å². The first-order valence-corrected chi connectivity index (χ1v) is 7.60. The van der Waals surface area contributed by atoms with E-state index in [-0.39, 0.29) is 5.91 Å². The summed E-state index contributed by atoms with van der Waals surface area (Å²) in [5, 5.41) is 8.55. The van der Waals surface area contributed by atoms with E-state index in [0.29, 0.717) is 18.0 Å². The fourth-order valence-electron chi connectivity index (χ4n) is 1.70.